The molecule has 0 saturated carbocycles. The lowest BCUT2D eigenvalue weighted by Crippen LogP contribution is -2.38. The number of nitro groups is 1. The molecule has 2 aromatic rings. The first-order valence-electron chi connectivity index (χ1n) is 9.88. The Balaban J connectivity index is 1.71. The highest BCUT2D eigenvalue weighted by atomic mass is 35.5. The van der Waals surface area contributed by atoms with Gasteiger partial charge in [-0.05, 0) is 31.0 Å². The first kappa shape index (κ1) is 24.4. The highest BCUT2D eigenvalue weighted by molar-refractivity contribution is 6.32. The van der Waals surface area contributed by atoms with Crippen molar-refractivity contribution in [2.24, 2.45) is 5.92 Å². The number of methoxy groups -OCH3 is 2. The Kier molecular flexibility index (Phi) is 7.21. The van der Waals surface area contributed by atoms with Crippen molar-refractivity contribution in [3.63, 3.8) is 0 Å². The normalized spacial score (nSPS) is 14.7. The predicted molar refractivity (Wildman–Crippen MR) is 116 cm³/mol. The number of hydrogen-bond donors (Lipinski definition) is 1. The van der Waals surface area contributed by atoms with E-state index in [1.807, 2.05) is 0 Å². The van der Waals surface area contributed by atoms with Crippen LogP contribution in [0.2, 0.25) is 5.02 Å². The van der Waals surface area contributed by atoms with Crippen molar-refractivity contribution in [3.8, 4) is 11.5 Å². The highest BCUT2D eigenvalue weighted by Crippen LogP contribution is 2.39. The SMILES string of the molecule is COc1cc(OC)c(NC(=O)C2CCN(c3ccc(C(F)(F)F)cc3[N+](=O)[O-])CC2)cc1Cl. The van der Waals surface area contributed by atoms with Crippen molar-refractivity contribution in [2.45, 2.75) is 19.0 Å². The van der Waals surface area contributed by atoms with Crippen molar-refractivity contribution >= 4 is 34.6 Å². The van der Waals surface area contributed by atoms with Gasteiger partial charge in [0.2, 0.25) is 5.91 Å². The summed E-state index contributed by atoms with van der Waals surface area (Å²) in [6.45, 7) is 0.537. The molecule has 12 heteroatoms. The fourth-order valence-electron chi connectivity index (χ4n) is 3.69. The number of rotatable bonds is 6. The van der Waals surface area contributed by atoms with Gasteiger partial charge in [-0.1, -0.05) is 11.6 Å². The summed E-state index contributed by atoms with van der Waals surface area (Å²) < 4.78 is 49.2. The van der Waals surface area contributed by atoms with Crippen LogP contribution in [0, 0.1) is 16.0 Å². The molecule has 0 aliphatic carbocycles. The molecule has 3 rings (SSSR count). The summed E-state index contributed by atoms with van der Waals surface area (Å²) in [5.74, 6) is 0.0665. The predicted octanol–water partition coefficient (Wildman–Crippen LogP) is 5.14. The molecule has 1 amide bonds. The number of nitrogens with zero attached hydrogens (tertiary/aromatic N) is 2. The fraction of sp³-hybridized carbons (Fsp3) is 0.381. The molecule has 1 N–H and O–H groups in total. The lowest BCUT2D eigenvalue weighted by Gasteiger charge is -2.32. The number of anilines is 2. The van der Waals surface area contributed by atoms with Gasteiger partial charge in [0.25, 0.3) is 5.69 Å². The number of nitro benzene ring substituents is 1. The van der Waals surface area contributed by atoms with Gasteiger partial charge < -0.3 is 19.7 Å². The van der Waals surface area contributed by atoms with E-state index in [0.29, 0.717) is 36.1 Å². The third-order valence-electron chi connectivity index (χ3n) is 5.44. The molecular formula is C21H21ClF3N3O5. The summed E-state index contributed by atoms with van der Waals surface area (Å²) in [4.78, 5) is 24.9. The number of ether oxygens (including phenoxy) is 2. The van der Waals surface area contributed by atoms with Gasteiger partial charge >= 0.3 is 6.18 Å². The summed E-state index contributed by atoms with van der Waals surface area (Å²) in [5, 5.41) is 14.4. The van der Waals surface area contributed by atoms with E-state index in [4.69, 9.17) is 21.1 Å². The molecule has 2 aromatic carbocycles. The van der Waals surface area contributed by atoms with E-state index < -0.39 is 28.3 Å². The van der Waals surface area contributed by atoms with Crippen LogP contribution in [0.15, 0.2) is 30.3 Å². The topological polar surface area (TPSA) is 93.9 Å². The Morgan fingerprint density at radius 2 is 1.79 bits per heavy atom. The van der Waals surface area contributed by atoms with Crippen molar-refractivity contribution in [1.82, 2.24) is 0 Å². The Labute approximate surface area is 192 Å². The summed E-state index contributed by atoms with van der Waals surface area (Å²) in [6.07, 6.45) is -3.97. The van der Waals surface area contributed by atoms with Crippen LogP contribution in [0.3, 0.4) is 0 Å². The molecule has 0 atom stereocenters. The van der Waals surface area contributed by atoms with Gasteiger partial charge in [-0.2, -0.15) is 13.2 Å². The second-order valence-corrected chi connectivity index (χ2v) is 7.80. The van der Waals surface area contributed by atoms with Crippen LogP contribution in [0.25, 0.3) is 0 Å². The van der Waals surface area contributed by atoms with E-state index >= 15 is 0 Å². The van der Waals surface area contributed by atoms with Gasteiger partial charge in [-0.15, -0.1) is 0 Å². The van der Waals surface area contributed by atoms with E-state index in [2.05, 4.69) is 5.32 Å². The maximum absolute atomic E-state index is 12.9. The maximum atomic E-state index is 12.9. The maximum Gasteiger partial charge on any atom is 0.416 e. The van der Waals surface area contributed by atoms with Gasteiger partial charge in [-0.3, -0.25) is 14.9 Å². The zero-order valence-corrected chi connectivity index (χ0v) is 18.5. The number of carbonyl (C=O) groups excluding carboxylic acids is 1. The Morgan fingerprint density at radius 3 is 2.33 bits per heavy atom. The molecule has 1 saturated heterocycles. The minimum Gasteiger partial charge on any atom is -0.495 e. The number of alkyl halides is 3. The van der Waals surface area contributed by atoms with E-state index in [-0.39, 0.29) is 29.7 Å². The standard InChI is InChI=1S/C21H21ClF3N3O5/c1-32-18-11-19(33-2)15(10-14(18)22)26-20(29)12-5-7-27(8-6-12)16-4-3-13(21(23,24)25)9-17(16)28(30)31/h3-4,9-12H,5-8H2,1-2H3,(H,26,29). The fourth-order valence-corrected chi connectivity index (χ4v) is 3.93. The minimum absolute atomic E-state index is 0.0930. The van der Waals surface area contributed by atoms with Crippen LogP contribution in [0.5, 0.6) is 11.5 Å². The average molecular weight is 488 g/mol. The Morgan fingerprint density at radius 1 is 1.15 bits per heavy atom. The van der Waals surface area contributed by atoms with E-state index in [0.717, 1.165) is 12.1 Å². The second-order valence-electron chi connectivity index (χ2n) is 7.40. The summed E-state index contributed by atoms with van der Waals surface area (Å²) in [7, 11) is 2.89. The molecule has 0 unspecified atom stereocenters. The second kappa shape index (κ2) is 9.74. The third-order valence-corrected chi connectivity index (χ3v) is 5.73. The highest BCUT2D eigenvalue weighted by Gasteiger charge is 2.35. The van der Waals surface area contributed by atoms with E-state index in [1.165, 1.54) is 20.3 Å². The average Bonchev–Trinajstić information content (AvgIpc) is 2.78. The van der Waals surface area contributed by atoms with Crippen LogP contribution >= 0.6 is 11.6 Å². The van der Waals surface area contributed by atoms with E-state index in [9.17, 15) is 28.1 Å². The zero-order chi connectivity index (χ0) is 24.3. The number of amides is 1. The number of piperidine rings is 1. The molecule has 33 heavy (non-hydrogen) atoms. The van der Waals surface area contributed by atoms with Gasteiger partial charge in [0.1, 0.15) is 17.2 Å². The molecule has 0 aromatic heterocycles. The molecule has 1 heterocycles. The summed E-state index contributed by atoms with van der Waals surface area (Å²) >= 11 is 6.13. The number of carbonyl (C=O) groups is 1. The molecule has 0 spiro atoms. The van der Waals surface area contributed by atoms with Crippen LogP contribution in [-0.2, 0) is 11.0 Å². The minimum atomic E-state index is -4.68. The van der Waals surface area contributed by atoms with Crippen molar-refractivity contribution in [1.29, 1.82) is 0 Å². The van der Waals surface area contributed by atoms with Gasteiger partial charge in [0.05, 0.1) is 35.4 Å². The Hall–Kier alpha value is -3.21. The quantitative estimate of drug-likeness (QED) is 0.448. The van der Waals surface area contributed by atoms with Crippen molar-refractivity contribution < 1.29 is 32.4 Å². The lowest BCUT2D eigenvalue weighted by molar-refractivity contribution is -0.384. The molecule has 0 radical (unpaired) electrons. The van der Waals surface area contributed by atoms with Gasteiger partial charge in [0, 0.05) is 31.1 Å². The Bertz CT molecular complexity index is 1060. The molecule has 0 bridgehead atoms. The molecule has 1 fully saturated rings. The number of halogens is 4. The van der Waals surface area contributed by atoms with Crippen molar-refractivity contribution in [2.75, 3.05) is 37.5 Å². The van der Waals surface area contributed by atoms with E-state index in [1.54, 1.807) is 11.0 Å². The smallest absolute Gasteiger partial charge is 0.416 e. The molecule has 1 aliphatic rings. The first-order chi connectivity index (χ1) is 15.5. The van der Waals surface area contributed by atoms with Crippen LogP contribution in [0.4, 0.5) is 30.2 Å². The molecule has 1 aliphatic heterocycles. The zero-order valence-electron chi connectivity index (χ0n) is 17.7. The molecule has 8 nitrogen and oxygen atoms in total. The largest absolute Gasteiger partial charge is 0.495 e. The lowest BCUT2D eigenvalue weighted by atomic mass is 9.95. The summed E-state index contributed by atoms with van der Waals surface area (Å²) in [6, 6.07) is 5.52. The number of nitrogens with one attached hydrogen (secondary N) is 1. The van der Waals surface area contributed by atoms with Crippen LogP contribution in [-0.4, -0.2) is 38.1 Å². The monoisotopic (exact) mass is 487 g/mol. The van der Waals surface area contributed by atoms with Crippen LogP contribution in [0.1, 0.15) is 18.4 Å². The number of hydrogen-bond acceptors (Lipinski definition) is 6. The van der Waals surface area contributed by atoms with Crippen LogP contribution < -0.4 is 19.7 Å². The first-order valence-corrected chi connectivity index (χ1v) is 10.3. The third kappa shape index (κ3) is 5.41. The molecule has 178 valence electrons. The summed E-state index contributed by atoms with van der Waals surface area (Å²) in [5.41, 5.74) is -1.24. The van der Waals surface area contributed by atoms with Gasteiger partial charge in [0.15, 0.2) is 0 Å². The van der Waals surface area contributed by atoms with Crippen molar-refractivity contribution in [3.05, 3.63) is 51.0 Å². The molecular weight excluding hydrogens is 467 g/mol. The number of benzene rings is 2. The van der Waals surface area contributed by atoms with Gasteiger partial charge in [-0.25, -0.2) is 0 Å².